The van der Waals surface area contributed by atoms with Crippen molar-refractivity contribution in [1.29, 1.82) is 0 Å². The lowest BCUT2D eigenvalue weighted by molar-refractivity contribution is 0.0512. The first-order chi connectivity index (χ1) is 14.5. The Labute approximate surface area is 183 Å². The molecule has 0 aliphatic carbocycles. The van der Waals surface area contributed by atoms with Gasteiger partial charge in [-0.25, -0.2) is 0 Å². The number of benzene rings is 2. The van der Waals surface area contributed by atoms with Gasteiger partial charge in [-0.2, -0.15) is 0 Å². The number of halogens is 1. The van der Waals surface area contributed by atoms with Gasteiger partial charge < -0.3 is 20.1 Å². The standard InChI is InChI=1S/C24H30ClN3O2/c1-17-3-4-19-13-23(9-10-24(19)26-17)30-16-22(29)15-27-11-12-28(14-18(27)2)21-7-5-20(25)6-8-21/h3-10,13,17-18,22,26,29H,11-12,14-16H2,1-2H3/t17?,18-,22+/m1/s1. The molecule has 2 N–H and O–H groups in total. The summed E-state index contributed by atoms with van der Waals surface area (Å²) in [7, 11) is 0. The van der Waals surface area contributed by atoms with Gasteiger partial charge in [0.15, 0.2) is 0 Å². The van der Waals surface area contributed by atoms with E-state index in [9.17, 15) is 5.11 Å². The first kappa shape index (κ1) is 21.0. The second-order valence-electron chi connectivity index (χ2n) is 8.27. The highest BCUT2D eigenvalue weighted by molar-refractivity contribution is 6.30. The van der Waals surface area contributed by atoms with Crippen molar-refractivity contribution in [3.05, 3.63) is 59.1 Å². The van der Waals surface area contributed by atoms with Gasteiger partial charge in [0.1, 0.15) is 18.5 Å². The number of nitrogens with one attached hydrogen (secondary N) is 1. The highest BCUT2D eigenvalue weighted by Gasteiger charge is 2.25. The van der Waals surface area contributed by atoms with Crippen LogP contribution in [0.2, 0.25) is 5.02 Å². The molecule has 3 atom stereocenters. The number of aliphatic hydroxyl groups excluding tert-OH is 1. The maximum Gasteiger partial charge on any atom is 0.120 e. The van der Waals surface area contributed by atoms with Crippen LogP contribution in [0.3, 0.4) is 0 Å². The molecule has 4 rings (SSSR count). The average Bonchev–Trinajstić information content (AvgIpc) is 2.74. The second-order valence-corrected chi connectivity index (χ2v) is 8.71. The molecule has 2 aromatic rings. The zero-order valence-electron chi connectivity index (χ0n) is 17.6. The molecule has 0 saturated carbocycles. The largest absolute Gasteiger partial charge is 0.491 e. The fourth-order valence-electron chi connectivity index (χ4n) is 4.11. The molecule has 1 unspecified atom stereocenters. The maximum absolute atomic E-state index is 10.5. The lowest BCUT2D eigenvalue weighted by Crippen LogP contribution is -2.54. The van der Waals surface area contributed by atoms with Crippen molar-refractivity contribution in [3.8, 4) is 5.75 Å². The van der Waals surface area contributed by atoms with Crippen LogP contribution in [0.5, 0.6) is 5.75 Å². The van der Waals surface area contributed by atoms with Crippen molar-refractivity contribution < 1.29 is 9.84 Å². The molecule has 0 radical (unpaired) electrons. The molecule has 160 valence electrons. The molecule has 2 heterocycles. The summed E-state index contributed by atoms with van der Waals surface area (Å²) in [6, 6.07) is 14.7. The third-order valence-electron chi connectivity index (χ3n) is 5.82. The number of rotatable bonds is 6. The predicted octanol–water partition coefficient (Wildman–Crippen LogP) is 4.12. The van der Waals surface area contributed by atoms with E-state index in [1.165, 1.54) is 5.69 Å². The summed E-state index contributed by atoms with van der Waals surface area (Å²) in [6.45, 7) is 8.00. The first-order valence-corrected chi connectivity index (χ1v) is 11.0. The zero-order chi connectivity index (χ0) is 21.1. The molecule has 2 aromatic carbocycles. The molecule has 2 aliphatic heterocycles. The molecule has 0 bridgehead atoms. The van der Waals surface area contributed by atoms with E-state index < -0.39 is 6.10 Å². The Balaban J connectivity index is 1.26. The van der Waals surface area contributed by atoms with Gasteiger partial charge in [0.05, 0.1) is 0 Å². The summed E-state index contributed by atoms with van der Waals surface area (Å²) in [6.07, 6.45) is 3.72. The van der Waals surface area contributed by atoms with Crippen LogP contribution in [0.15, 0.2) is 48.5 Å². The van der Waals surface area contributed by atoms with Gasteiger partial charge in [0.25, 0.3) is 0 Å². The van der Waals surface area contributed by atoms with Crippen LogP contribution in [0.25, 0.3) is 6.08 Å². The topological polar surface area (TPSA) is 48.0 Å². The third kappa shape index (κ3) is 5.09. The molecule has 30 heavy (non-hydrogen) atoms. The number of aliphatic hydroxyl groups is 1. The van der Waals surface area contributed by atoms with Gasteiger partial charge in [-0.3, -0.25) is 4.90 Å². The second kappa shape index (κ2) is 9.29. The summed E-state index contributed by atoms with van der Waals surface area (Å²) in [5.41, 5.74) is 3.43. The van der Waals surface area contributed by atoms with Crippen LogP contribution in [-0.4, -0.2) is 61.0 Å². The molecule has 0 spiro atoms. The number of anilines is 2. The van der Waals surface area contributed by atoms with E-state index in [-0.39, 0.29) is 6.61 Å². The van der Waals surface area contributed by atoms with E-state index in [0.29, 0.717) is 18.6 Å². The minimum absolute atomic E-state index is 0.288. The average molecular weight is 428 g/mol. The molecule has 1 fully saturated rings. The van der Waals surface area contributed by atoms with E-state index in [2.05, 4.69) is 53.2 Å². The van der Waals surface area contributed by atoms with Crippen molar-refractivity contribution in [3.63, 3.8) is 0 Å². The van der Waals surface area contributed by atoms with Crippen LogP contribution in [-0.2, 0) is 0 Å². The van der Waals surface area contributed by atoms with Crippen molar-refractivity contribution in [2.24, 2.45) is 0 Å². The fraction of sp³-hybridized carbons (Fsp3) is 0.417. The van der Waals surface area contributed by atoms with Crippen molar-refractivity contribution in [1.82, 2.24) is 4.90 Å². The molecule has 6 heteroatoms. The van der Waals surface area contributed by atoms with Crippen LogP contribution >= 0.6 is 11.6 Å². The normalized spacial score (nSPS) is 22.3. The Morgan fingerprint density at radius 1 is 1.17 bits per heavy atom. The van der Waals surface area contributed by atoms with Crippen LogP contribution in [0, 0.1) is 0 Å². The maximum atomic E-state index is 10.5. The Hall–Kier alpha value is -2.21. The van der Waals surface area contributed by atoms with E-state index >= 15 is 0 Å². The van der Waals surface area contributed by atoms with Gasteiger partial charge in [-0.15, -0.1) is 0 Å². The minimum atomic E-state index is -0.528. The van der Waals surface area contributed by atoms with Crippen LogP contribution in [0.1, 0.15) is 19.4 Å². The van der Waals surface area contributed by atoms with Gasteiger partial charge in [-0.05, 0) is 56.3 Å². The summed E-state index contributed by atoms with van der Waals surface area (Å²) in [5, 5.41) is 14.7. The van der Waals surface area contributed by atoms with E-state index in [4.69, 9.17) is 16.3 Å². The van der Waals surface area contributed by atoms with E-state index in [1.54, 1.807) is 0 Å². The Kier molecular flexibility index (Phi) is 6.52. The van der Waals surface area contributed by atoms with Crippen molar-refractivity contribution >= 4 is 29.1 Å². The summed E-state index contributed by atoms with van der Waals surface area (Å²) in [5.74, 6) is 0.786. The third-order valence-corrected chi connectivity index (χ3v) is 6.07. The van der Waals surface area contributed by atoms with Crippen LogP contribution < -0.4 is 15.0 Å². The molecule has 5 nitrogen and oxygen atoms in total. The lowest BCUT2D eigenvalue weighted by Gasteiger charge is -2.41. The number of β-amino-alcohol motifs (C(OH)–C–C–N with tert-alkyl or cyclic N) is 1. The van der Waals surface area contributed by atoms with Crippen molar-refractivity contribution in [2.75, 3.05) is 43.0 Å². The quantitative estimate of drug-likeness (QED) is 0.726. The van der Waals surface area contributed by atoms with E-state index in [0.717, 1.165) is 41.7 Å². The number of nitrogens with zero attached hydrogens (tertiary/aromatic N) is 2. The number of hydrogen-bond donors (Lipinski definition) is 2. The van der Waals surface area contributed by atoms with Crippen LogP contribution in [0.4, 0.5) is 11.4 Å². The predicted molar refractivity (Wildman–Crippen MR) is 125 cm³/mol. The number of piperazine rings is 1. The molecular formula is C24H30ClN3O2. The highest BCUT2D eigenvalue weighted by Crippen LogP contribution is 2.27. The molecule has 0 amide bonds. The summed E-state index contributed by atoms with van der Waals surface area (Å²) in [4.78, 5) is 4.71. The highest BCUT2D eigenvalue weighted by atomic mass is 35.5. The summed E-state index contributed by atoms with van der Waals surface area (Å²) >= 11 is 6.00. The summed E-state index contributed by atoms with van der Waals surface area (Å²) < 4.78 is 5.88. The SMILES string of the molecule is CC1C=Cc2cc(OC[C@@H](O)CN3CCN(c4ccc(Cl)cc4)C[C@H]3C)ccc2N1. The van der Waals surface area contributed by atoms with Gasteiger partial charge >= 0.3 is 0 Å². The number of hydrogen-bond acceptors (Lipinski definition) is 5. The Morgan fingerprint density at radius 3 is 2.73 bits per heavy atom. The molecule has 2 aliphatic rings. The zero-order valence-corrected chi connectivity index (χ0v) is 18.3. The number of ether oxygens (including phenoxy) is 1. The van der Waals surface area contributed by atoms with Gasteiger partial charge in [0.2, 0.25) is 0 Å². The van der Waals surface area contributed by atoms with E-state index in [1.807, 2.05) is 30.3 Å². The molecule has 0 aromatic heterocycles. The molecular weight excluding hydrogens is 398 g/mol. The smallest absolute Gasteiger partial charge is 0.120 e. The lowest BCUT2D eigenvalue weighted by atomic mass is 10.1. The van der Waals surface area contributed by atoms with Crippen molar-refractivity contribution in [2.45, 2.75) is 32.0 Å². The number of fused-ring (bicyclic) bond motifs is 1. The minimum Gasteiger partial charge on any atom is -0.491 e. The monoisotopic (exact) mass is 427 g/mol. The first-order valence-electron chi connectivity index (χ1n) is 10.6. The fourth-order valence-corrected chi connectivity index (χ4v) is 4.24. The van der Waals surface area contributed by atoms with Gasteiger partial charge in [-0.1, -0.05) is 23.8 Å². The molecule has 1 saturated heterocycles. The Bertz CT molecular complexity index is 887. The Morgan fingerprint density at radius 2 is 1.97 bits per heavy atom. The van der Waals surface area contributed by atoms with Gasteiger partial charge in [0, 0.05) is 60.2 Å².